The number of carbonyl (C=O) groups is 1. The number of rotatable bonds is 3. The molecule has 0 aliphatic carbocycles. The van der Waals surface area contributed by atoms with Crippen molar-refractivity contribution in [1.82, 2.24) is 14.3 Å². The van der Waals surface area contributed by atoms with Crippen molar-refractivity contribution in [2.45, 2.75) is 32.2 Å². The number of anilines is 1. The number of nitrogens with two attached hydrogens (primary N) is 1. The maximum absolute atomic E-state index is 11.4. The van der Waals surface area contributed by atoms with Gasteiger partial charge in [-0.2, -0.15) is 0 Å². The van der Waals surface area contributed by atoms with Gasteiger partial charge in [0.2, 0.25) is 0 Å². The highest BCUT2D eigenvalue weighted by molar-refractivity contribution is 5.94. The first-order valence-corrected chi connectivity index (χ1v) is 7.37. The van der Waals surface area contributed by atoms with E-state index in [0.29, 0.717) is 17.7 Å². The van der Waals surface area contributed by atoms with E-state index in [4.69, 9.17) is 5.73 Å². The zero-order valence-corrected chi connectivity index (χ0v) is 12.0. The molecule has 2 aromatic heterocycles. The Balaban J connectivity index is 1.96. The van der Waals surface area contributed by atoms with E-state index in [9.17, 15) is 9.90 Å². The molecule has 3 N–H and O–H groups in total. The van der Waals surface area contributed by atoms with E-state index >= 15 is 0 Å². The second-order valence-electron chi connectivity index (χ2n) is 5.59. The van der Waals surface area contributed by atoms with Crippen molar-refractivity contribution >= 4 is 17.2 Å². The van der Waals surface area contributed by atoms with Crippen LogP contribution in [0.3, 0.4) is 0 Å². The van der Waals surface area contributed by atoms with Gasteiger partial charge < -0.3 is 15.2 Å². The van der Waals surface area contributed by atoms with Gasteiger partial charge in [0.15, 0.2) is 5.69 Å². The summed E-state index contributed by atoms with van der Waals surface area (Å²) >= 11 is 0. The van der Waals surface area contributed by atoms with Crippen molar-refractivity contribution in [3.63, 3.8) is 0 Å². The zero-order chi connectivity index (χ0) is 14.8. The average molecular weight is 288 g/mol. The Bertz CT molecular complexity index is 657. The number of aromatic nitrogens is 2. The van der Waals surface area contributed by atoms with Gasteiger partial charge in [0.25, 0.3) is 0 Å². The zero-order valence-electron chi connectivity index (χ0n) is 12.0. The highest BCUT2D eigenvalue weighted by atomic mass is 16.4. The Morgan fingerprint density at radius 3 is 2.67 bits per heavy atom. The molecule has 0 saturated carbocycles. The summed E-state index contributed by atoms with van der Waals surface area (Å²) in [4.78, 5) is 18.0. The molecule has 3 rings (SSSR count). The summed E-state index contributed by atoms with van der Waals surface area (Å²) in [5.41, 5.74) is 6.95. The number of fused-ring (bicyclic) bond motifs is 1. The normalized spacial score (nSPS) is 17.0. The van der Waals surface area contributed by atoms with Crippen LogP contribution >= 0.6 is 0 Å². The Morgan fingerprint density at radius 1 is 1.29 bits per heavy atom. The van der Waals surface area contributed by atoms with Gasteiger partial charge in [-0.25, -0.2) is 9.78 Å². The number of hydrogen-bond donors (Lipinski definition) is 2. The number of nitrogens with zero attached hydrogens (tertiary/aromatic N) is 3. The van der Waals surface area contributed by atoms with Gasteiger partial charge in [0.05, 0.1) is 12.1 Å². The molecule has 2 aromatic rings. The standard InChI is InChI=1S/C15H20N4O2/c16-11-5-8-19-12(9-11)14(15(20)21)17-13(19)10-18-6-3-1-2-4-7-18/h5,8-9H,1-4,6-7,10,16H2,(H,20,21). The summed E-state index contributed by atoms with van der Waals surface area (Å²) in [6.45, 7) is 2.77. The minimum absolute atomic E-state index is 0.0760. The predicted molar refractivity (Wildman–Crippen MR) is 80.3 cm³/mol. The number of likely N-dealkylation sites (tertiary alicyclic amines) is 1. The van der Waals surface area contributed by atoms with Crippen LogP contribution < -0.4 is 5.73 Å². The molecule has 0 amide bonds. The number of imidazole rings is 1. The summed E-state index contributed by atoms with van der Waals surface area (Å²) in [6.07, 6.45) is 6.74. The third kappa shape index (κ3) is 2.85. The van der Waals surface area contributed by atoms with Gasteiger partial charge in [-0.3, -0.25) is 4.90 Å². The average Bonchev–Trinajstić information content (AvgIpc) is 2.62. The highest BCUT2D eigenvalue weighted by Crippen LogP contribution is 2.19. The van der Waals surface area contributed by atoms with E-state index in [1.807, 2.05) is 4.40 Å². The molecule has 0 aromatic carbocycles. The molecule has 0 unspecified atom stereocenters. The lowest BCUT2D eigenvalue weighted by Gasteiger charge is -2.18. The fourth-order valence-corrected chi connectivity index (χ4v) is 2.93. The van der Waals surface area contributed by atoms with Crippen LogP contribution in [0.2, 0.25) is 0 Å². The van der Waals surface area contributed by atoms with E-state index in [1.54, 1.807) is 18.3 Å². The molecule has 1 fully saturated rings. The molecule has 6 nitrogen and oxygen atoms in total. The van der Waals surface area contributed by atoms with Crippen LogP contribution in [0, 0.1) is 0 Å². The molecule has 0 atom stereocenters. The largest absolute Gasteiger partial charge is 0.476 e. The summed E-state index contributed by atoms with van der Waals surface area (Å²) in [5.74, 6) is -0.246. The maximum Gasteiger partial charge on any atom is 0.356 e. The lowest BCUT2D eigenvalue weighted by Crippen LogP contribution is -2.25. The predicted octanol–water partition coefficient (Wildman–Crippen LogP) is 1.99. The summed E-state index contributed by atoms with van der Waals surface area (Å²) in [6, 6.07) is 3.44. The lowest BCUT2D eigenvalue weighted by molar-refractivity contribution is 0.0693. The van der Waals surface area contributed by atoms with Crippen molar-refractivity contribution in [3.8, 4) is 0 Å². The summed E-state index contributed by atoms with van der Waals surface area (Å²) in [5, 5.41) is 9.31. The van der Waals surface area contributed by atoms with Crippen LogP contribution in [-0.4, -0.2) is 38.4 Å². The number of carboxylic acids is 1. The first-order chi connectivity index (χ1) is 10.1. The molecule has 0 bridgehead atoms. The van der Waals surface area contributed by atoms with Crippen LogP contribution in [0.25, 0.3) is 5.52 Å². The monoisotopic (exact) mass is 288 g/mol. The number of carboxylic acid groups (broad SMARTS) is 1. The molecule has 1 saturated heterocycles. The number of hydrogen-bond acceptors (Lipinski definition) is 4. The minimum Gasteiger partial charge on any atom is -0.476 e. The Hall–Kier alpha value is -2.08. The fourth-order valence-electron chi connectivity index (χ4n) is 2.93. The molecule has 1 aliphatic rings. The van der Waals surface area contributed by atoms with Crippen LogP contribution in [0.5, 0.6) is 0 Å². The fraction of sp³-hybridized carbons (Fsp3) is 0.467. The molecule has 0 radical (unpaired) electrons. The van der Waals surface area contributed by atoms with E-state index < -0.39 is 5.97 Å². The summed E-state index contributed by atoms with van der Waals surface area (Å²) < 4.78 is 1.84. The minimum atomic E-state index is -1.01. The van der Waals surface area contributed by atoms with Crippen LogP contribution in [0.4, 0.5) is 5.69 Å². The Morgan fingerprint density at radius 2 is 2.00 bits per heavy atom. The van der Waals surface area contributed by atoms with Gasteiger partial charge in [0, 0.05) is 11.9 Å². The maximum atomic E-state index is 11.4. The van der Waals surface area contributed by atoms with Crippen molar-refractivity contribution in [3.05, 3.63) is 29.8 Å². The van der Waals surface area contributed by atoms with Crippen molar-refractivity contribution in [2.75, 3.05) is 18.8 Å². The smallest absolute Gasteiger partial charge is 0.356 e. The van der Waals surface area contributed by atoms with Gasteiger partial charge in [-0.1, -0.05) is 12.8 Å². The molecule has 0 spiro atoms. The van der Waals surface area contributed by atoms with Gasteiger partial charge in [-0.15, -0.1) is 0 Å². The van der Waals surface area contributed by atoms with E-state index in [2.05, 4.69) is 9.88 Å². The van der Waals surface area contributed by atoms with Crippen LogP contribution in [0.1, 0.15) is 42.0 Å². The molecular formula is C15H20N4O2. The van der Waals surface area contributed by atoms with Gasteiger partial charge in [-0.05, 0) is 38.1 Å². The molecular weight excluding hydrogens is 268 g/mol. The first kappa shape index (κ1) is 13.9. The van der Waals surface area contributed by atoms with Crippen molar-refractivity contribution in [2.24, 2.45) is 0 Å². The number of aromatic carboxylic acids is 1. The van der Waals surface area contributed by atoms with E-state index in [-0.39, 0.29) is 5.69 Å². The van der Waals surface area contributed by atoms with Gasteiger partial charge in [0.1, 0.15) is 5.82 Å². The lowest BCUT2D eigenvalue weighted by atomic mass is 10.2. The van der Waals surface area contributed by atoms with Crippen LogP contribution in [-0.2, 0) is 6.54 Å². The molecule has 3 heterocycles. The molecule has 21 heavy (non-hydrogen) atoms. The number of pyridine rings is 1. The molecule has 112 valence electrons. The van der Waals surface area contributed by atoms with E-state index in [0.717, 1.165) is 18.9 Å². The second kappa shape index (κ2) is 5.73. The van der Waals surface area contributed by atoms with Gasteiger partial charge >= 0.3 is 5.97 Å². The molecule has 1 aliphatic heterocycles. The Labute approximate surface area is 123 Å². The topological polar surface area (TPSA) is 83.9 Å². The van der Waals surface area contributed by atoms with E-state index in [1.165, 1.54) is 25.7 Å². The third-order valence-corrected chi connectivity index (χ3v) is 4.01. The first-order valence-electron chi connectivity index (χ1n) is 7.37. The van der Waals surface area contributed by atoms with Crippen LogP contribution in [0.15, 0.2) is 18.3 Å². The third-order valence-electron chi connectivity index (χ3n) is 4.01. The second-order valence-corrected chi connectivity index (χ2v) is 5.59. The van der Waals surface area contributed by atoms with Crippen molar-refractivity contribution in [1.29, 1.82) is 0 Å². The number of nitrogen functional groups attached to an aromatic ring is 1. The SMILES string of the molecule is Nc1ccn2c(CN3CCCCCC3)nc(C(=O)O)c2c1. The molecule has 6 heteroatoms. The summed E-state index contributed by atoms with van der Waals surface area (Å²) in [7, 11) is 0. The highest BCUT2D eigenvalue weighted by Gasteiger charge is 2.19. The quantitative estimate of drug-likeness (QED) is 0.902. The van der Waals surface area contributed by atoms with Crippen molar-refractivity contribution < 1.29 is 9.90 Å². The Kier molecular flexibility index (Phi) is 3.79.